The summed E-state index contributed by atoms with van der Waals surface area (Å²) in [6, 6.07) is 9.40. The summed E-state index contributed by atoms with van der Waals surface area (Å²) in [5.74, 6) is -1.92. The van der Waals surface area contributed by atoms with Crippen molar-refractivity contribution >= 4 is 11.9 Å². The van der Waals surface area contributed by atoms with E-state index in [2.05, 4.69) is 0 Å². The summed E-state index contributed by atoms with van der Waals surface area (Å²) in [6.45, 7) is 0.711. The molecular formula is C18H19FN2O4. The van der Waals surface area contributed by atoms with Crippen molar-refractivity contribution < 1.29 is 23.8 Å². The molecule has 0 unspecified atom stereocenters. The molecule has 1 N–H and O–H groups in total. The van der Waals surface area contributed by atoms with Crippen LogP contribution in [0.15, 0.2) is 48.8 Å². The molecule has 1 aliphatic heterocycles. The first-order chi connectivity index (χ1) is 12.0. The number of ether oxygens (including phenoxy) is 1. The number of para-hydroxylation sites is 1. The van der Waals surface area contributed by atoms with Crippen LogP contribution < -0.4 is 4.74 Å². The van der Waals surface area contributed by atoms with Gasteiger partial charge in [0.15, 0.2) is 11.6 Å². The van der Waals surface area contributed by atoms with Crippen molar-refractivity contribution in [2.24, 2.45) is 0 Å². The monoisotopic (exact) mass is 346 g/mol. The highest BCUT2D eigenvalue weighted by molar-refractivity contribution is 5.80. The molecule has 0 radical (unpaired) electrons. The third kappa shape index (κ3) is 3.65. The molecule has 6 nitrogen and oxygen atoms in total. The van der Waals surface area contributed by atoms with Gasteiger partial charge in [-0.25, -0.2) is 9.18 Å². The molecule has 1 aromatic carbocycles. The van der Waals surface area contributed by atoms with E-state index in [-0.39, 0.29) is 44.1 Å². The quantitative estimate of drug-likeness (QED) is 0.900. The number of aromatic nitrogens is 1. The molecule has 132 valence electrons. The number of benzene rings is 1. The fourth-order valence-electron chi connectivity index (χ4n) is 2.95. The predicted octanol–water partition coefficient (Wildman–Crippen LogP) is 2.15. The van der Waals surface area contributed by atoms with Crippen LogP contribution >= 0.6 is 0 Å². The summed E-state index contributed by atoms with van der Waals surface area (Å²) < 4.78 is 21.1. The van der Waals surface area contributed by atoms with Crippen LogP contribution in [0, 0.1) is 5.82 Å². The van der Waals surface area contributed by atoms with Crippen molar-refractivity contribution in [3.63, 3.8) is 0 Å². The van der Waals surface area contributed by atoms with Crippen molar-refractivity contribution in [1.29, 1.82) is 0 Å². The SMILES string of the molecule is O=C(Cn1cccc1)N1CCC(Oc2ccccc2F)(C(=O)O)CC1. The first-order valence-corrected chi connectivity index (χ1v) is 8.06. The summed E-state index contributed by atoms with van der Waals surface area (Å²) in [5, 5.41) is 9.62. The second kappa shape index (κ2) is 6.96. The number of hydrogen-bond donors (Lipinski definition) is 1. The Morgan fingerprint density at radius 1 is 1.12 bits per heavy atom. The average Bonchev–Trinajstić information content (AvgIpc) is 3.10. The molecular weight excluding hydrogens is 327 g/mol. The molecule has 0 atom stereocenters. The molecule has 1 aromatic heterocycles. The van der Waals surface area contributed by atoms with Crippen LogP contribution in [0.2, 0.25) is 0 Å². The first-order valence-electron chi connectivity index (χ1n) is 8.06. The lowest BCUT2D eigenvalue weighted by Gasteiger charge is -2.39. The van der Waals surface area contributed by atoms with Gasteiger partial charge in [-0.15, -0.1) is 0 Å². The predicted molar refractivity (Wildman–Crippen MR) is 87.6 cm³/mol. The lowest BCUT2D eigenvalue weighted by molar-refractivity contribution is -0.162. The van der Waals surface area contributed by atoms with Crippen molar-refractivity contribution in [2.75, 3.05) is 13.1 Å². The molecule has 0 saturated carbocycles. The molecule has 0 aliphatic carbocycles. The number of hydrogen-bond acceptors (Lipinski definition) is 3. The maximum atomic E-state index is 13.8. The third-order valence-electron chi connectivity index (χ3n) is 4.44. The fourth-order valence-corrected chi connectivity index (χ4v) is 2.95. The number of carbonyl (C=O) groups excluding carboxylic acids is 1. The van der Waals surface area contributed by atoms with Crippen molar-refractivity contribution in [2.45, 2.75) is 25.0 Å². The highest BCUT2D eigenvalue weighted by Gasteiger charge is 2.45. The van der Waals surface area contributed by atoms with Crippen molar-refractivity contribution in [3.8, 4) is 5.75 Å². The number of aliphatic carboxylic acids is 1. The molecule has 1 fully saturated rings. The Bertz CT molecular complexity index is 752. The Kier molecular flexibility index (Phi) is 4.74. The second-order valence-corrected chi connectivity index (χ2v) is 6.07. The summed E-state index contributed by atoms with van der Waals surface area (Å²) in [6.07, 6.45) is 3.80. The molecule has 3 rings (SSSR count). The number of carboxylic acid groups (broad SMARTS) is 1. The van der Waals surface area contributed by atoms with Gasteiger partial charge in [-0.05, 0) is 24.3 Å². The first kappa shape index (κ1) is 17.0. The van der Waals surface area contributed by atoms with Crippen LogP contribution in [-0.4, -0.2) is 45.1 Å². The lowest BCUT2D eigenvalue weighted by atomic mass is 9.91. The number of nitrogens with zero attached hydrogens (tertiary/aromatic N) is 2. The average molecular weight is 346 g/mol. The van der Waals surface area contributed by atoms with Crippen molar-refractivity contribution in [3.05, 3.63) is 54.6 Å². The Balaban J connectivity index is 1.67. The third-order valence-corrected chi connectivity index (χ3v) is 4.44. The van der Waals surface area contributed by atoms with E-state index >= 15 is 0 Å². The van der Waals surface area contributed by atoms with E-state index in [4.69, 9.17) is 4.74 Å². The molecule has 25 heavy (non-hydrogen) atoms. The molecule has 1 amide bonds. The largest absolute Gasteiger partial charge is 0.478 e. The summed E-state index contributed by atoms with van der Waals surface area (Å²) in [5.41, 5.74) is -1.52. The topological polar surface area (TPSA) is 71.8 Å². The lowest BCUT2D eigenvalue weighted by Crippen LogP contribution is -2.54. The van der Waals surface area contributed by atoms with Gasteiger partial charge in [-0.1, -0.05) is 12.1 Å². The smallest absolute Gasteiger partial charge is 0.348 e. The maximum absolute atomic E-state index is 13.8. The van der Waals surface area contributed by atoms with Gasteiger partial charge in [0.25, 0.3) is 0 Å². The zero-order valence-corrected chi connectivity index (χ0v) is 13.6. The van der Waals surface area contributed by atoms with Gasteiger partial charge in [0.2, 0.25) is 11.5 Å². The fraction of sp³-hybridized carbons (Fsp3) is 0.333. The Labute approximate surface area is 144 Å². The number of likely N-dealkylation sites (tertiary alicyclic amines) is 1. The van der Waals surface area contributed by atoms with Crippen molar-refractivity contribution in [1.82, 2.24) is 9.47 Å². The van der Waals surface area contributed by atoms with E-state index in [1.807, 2.05) is 12.1 Å². The standard InChI is InChI=1S/C18H19FN2O4/c19-14-5-1-2-6-15(14)25-18(17(23)24)7-11-21(12-8-18)16(22)13-20-9-3-4-10-20/h1-6,9-10H,7-8,11-13H2,(H,23,24). The number of carbonyl (C=O) groups is 2. The normalized spacial score (nSPS) is 16.4. The molecule has 1 saturated heterocycles. The van der Waals surface area contributed by atoms with E-state index in [1.54, 1.807) is 27.9 Å². The molecule has 2 aromatic rings. The van der Waals surface area contributed by atoms with Gasteiger partial charge in [0.1, 0.15) is 6.54 Å². The van der Waals surface area contributed by atoms with Crippen LogP contribution in [0.5, 0.6) is 5.75 Å². The van der Waals surface area contributed by atoms with Crippen LogP contribution in [0.4, 0.5) is 4.39 Å². The van der Waals surface area contributed by atoms with E-state index < -0.39 is 17.4 Å². The number of amides is 1. The van der Waals surface area contributed by atoms with Gasteiger partial charge in [0.05, 0.1) is 0 Å². The zero-order chi connectivity index (χ0) is 17.9. The van der Waals surface area contributed by atoms with E-state index in [1.165, 1.54) is 18.2 Å². The number of carboxylic acids is 1. The second-order valence-electron chi connectivity index (χ2n) is 6.07. The van der Waals surface area contributed by atoms with E-state index in [0.717, 1.165) is 0 Å². The molecule has 1 aliphatic rings. The summed E-state index contributed by atoms with van der Waals surface area (Å²) >= 11 is 0. The van der Waals surface area contributed by atoms with E-state index in [9.17, 15) is 19.1 Å². The maximum Gasteiger partial charge on any atom is 0.348 e. The molecule has 0 spiro atoms. The number of halogens is 1. The van der Waals surface area contributed by atoms with Gasteiger partial charge in [0, 0.05) is 38.3 Å². The highest BCUT2D eigenvalue weighted by atomic mass is 19.1. The van der Waals surface area contributed by atoms with E-state index in [0.29, 0.717) is 0 Å². The van der Waals surface area contributed by atoms with Gasteiger partial charge >= 0.3 is 5.97 Å². The molecule has 2 heterocycles. The van der Waals surface area contributed by atoms with Crippen LogP contribution in [0.3, 0.4) is 0 Å². The summed E-state index contributed by atoms with van der Waals surface area (Å²) in [7, 11) is 0. The zero-order valence-electron chi connectivity index (χ0n) is 13.6. The van der Waals surface area contributed by atoms with Crippen LogP contribution in [0.25, 0.3) is 0 Å². The minimum atomic E-state index is -1.52. The van der Waals surface area contributed by atoms with Gasteiger partial charge < -0.3 is 19.3 Å². The van der Waals surface area contributed by atoms with Crippen LogP contribution in [0.1, 0.15) is 12.8 Å². The highest BCUT2D eigenvalue weighted by Crippen LogP contribution is 2.30. The van der Waals surface area contributed by atoms with Crippen LogP contribution in [-0.2, 0) is 16.1 Å². The van der Waals surface area contributed by atoms with Gasteiger partial charge in [-0.3, -0.25) is 4.79 Å². The Morgan fingerprint density at radius 3 is 2.36 bits per heavy atom. The molecule has 0 bridgehead atoms. The number of piperidine rings is 1. The van der Waals surface area contributed by atoms with Gasteiger partial charge in [-0.2, -0.15) is 0 Å². The summed E-state index contributed by atoms with van der Waals surface area (Å²) in [4.78, 5) is 25.7. The number of rotatable bonds is 5. The minimum absolute atomic E-state index is 0.0823. The minimum Gasteiger partial charge on any atom is -0.478 e. The Hall–Kier alpha value is -2.83. The molecule has 7 heteroatoms. The Morgan fingerprint density at radius 2 is 1.76 bits per heavy atom.